The molecule has 0 aliphatic carbocycles. The van der Waals surface area contributed by atoms with Crippen LogP contribution in [0.3, 0.4) is 0 Å². The number of rotatable bonds is 6. The number of hydrogen-bond acceptors (Lipinski definition) is 4. The smallest absolute Gasteiger partial charge is 0.128 e. The van der Waals surface area contributed by atoms with Crippen molar-refractivity contribution in [2.75, 3.05) is 18.9 Å². The molecule has 3 N–H and O–H groups in total. The van der Waals surface area contributed by atoms with Crippen LogP contribution in [0.1, 0.15) is 50.6 Å². The highest BCUT2D eigenvalue weighted by Gasteiger charge is 2.22. The van der Waals surface area contributed by atoms with Crippen LogP contribution in [0.5, 0.6) is 0 Å². The Bertz CT molecular complexity index is 377. The highest BCUT2D eigenvalue weighted by Crippen LogP contribution is 2.27. The van der Waals surface area contributed by atoms with E-state index in [1.54, 1.807) is 6.20 Å². The molecule has 0 aromatic carbocycles. The van der Waals surface area contributed by atoms with Gasteiger partial charge in [0.05, 0.1) is 6.10 Å². The third kappa shape index (κ3) is 4.18. The molecule has 2 heterocycles. The van der Waals surface area contributed by atoms with Gasteiger partial charge in [-0.2, -0.15) is 0 Å². The predicted molar refractivity (Wildman–Crippen MR) is 77.9 cm³/mol. The third-order valence-corrected chi connectivity index (χ3v) is 3.66. The molecule has 4 heteroatoms. The van der Waals surface area contributed by atoms with Gasteiger partial charge in [0.2, 0.25) is 0 Å². The van der Waals surface area contributed by atoms with Crippen LogP contribution in [0.15, 0.2) is 18.3 Å². The number of pyridine rings is 1. The lowest BCUT2D eigenvalue weighted by atomic mass is 9.97. The van der Waals surface area contributed by atoms with Gasteiger partial charge >= 0.3 is 0 Å². The molecule has 1 aliphatic rings. The van der Waals surface area contributed by atoms with E-state index in [9.17, 15) is 0 Å². The van der Waals surface area contributed by atoms with Crippen molar-refractivity contribution < 1.29 is 4.74 Å². The lowest BCUT2D eigenvalue weighted by molar-refractivity contribution is 0.00508. The third-order valence-electron chi connectivity index (χ3n) is 3.66. The maximum absolute atomic E-state index is 6.01. The van der Waals surface area contributed by atoms with E-state index in [-0.39, 0.29) is 6.04 Å². The number of nitrogens with zero attached hydrogens (tertiary/aromatic N) is 1. The van der Waals surface area contributed by atoms with Gasteiger partial charge in [0.25, 0.3) is 0 Å². The van der Waals surface area contributed by atoms with Gasteiger partial charge in [0.15, 0.2) is 0 Å². The Balaban J connectivity index is 2.04. The van der Waals surface area contributed by atoms with Crippen molar-refractivity contribution in [3.05, 3.63) is 23.9 Å². The quantitative estimate of drug-likeness (QED) is 0.828. The fourth-order valence-corrected chi connectivity index (χ4v) is 2.62. The van der Waals surface area contributed by atoms with Crippen molar-refractivity contribution in [3.8, 4) is 0 Å². The topological polar surface area (TPSA) is 60.2 Å². The summed E-state index contributed by atoms with van der Waals surface area (Å²) >= 11 is 0. The SMILES string of the molecule is CCCNC(CC1CCCCO1)c1cccnc1N. The zero-order valence-electron chi connectivity index (χ0n) is 11.8. The molecule has 4 nitrogen and oxygen atoms in total. The summed E-state index contributed by atoms with van der Waals surface area (Å²) in [6.45, 7) is 4.06. The van der Waals surface area contributed by atoms with Crippen LogP contribution >= 0.6 is 0 Å². The Hall–Kier alpha value is -1.13. The predicted octanol–water partition coefficient (Wildman–Crippen LogP) is 2.66. The van der Waals surface area contributed by atoms with Gasteiger partial charge in [-0.1, -0.05) is 13.0 Å². The average Bonchev–Trinajstić information content (AvgIpc) is 2.45. The molecule has 1 aliphatic heterocycles. The van der Waals surface area contributed by atoms with Crippen molar-refractivity contribution in [2.24, 2.45) is 0 Å². The molecule has 0 amide bonds. The summed E-state index contributed by atoms with van der Waals surface area (Å²) in [6.07, 6.45) is 7.81. The fraction of sp³-hybridized carbons (Fsp3) is 0.667. The molecule has 2 atom stereocenters. The van der Waals surface area contributed by atoms with Gasteiger partial charge in [0, 0.05) is 24.4 Å². The van der Waals surface area contributed by atoms with Crippen molar-refractivity contribution in [2.45, 2.75) is 51.2 Å². The van der Waals surface area contributed by atoms with Crippen molar-refractivity contribution >= 4 is 5.82 Å². The second kappa shape index (κ2) is 7.46. The van der Waals surface area contributed by atoms with Crippen molar-refractivity contribution in [3.63, 3.8) is 0 Å². The molecule has 1 fully saturated rings. The first kappa shape index (κ1) is 14.3. The molecule has 1 aromatic rings. The van der Waals surface area contributed by atoms with E-state index in [2.05, 4.69) is 23.3 Å². The summed E-state index contributed by atoms with van der Waals surface area (Å²) in [7, 11) is 0. The summed E-state index contributed by atoms with van der Waals surface area (Å²) in [5.74, 6) is 0.631. The van der Waals surface area contributed by atoms with Gasteiger partial charge in [-0.25, -0.2) is 4.98 Å². The molecule has 1 aromatic heterocycles. The number of nitrogen functional groups attached to an aromatic ring is 1. The Morgan fingerprint density at radius 3 is 3.11 bits per heavy atom. The fourth-order valence-electron chi connectivity index (χ4n) is 2.62. The normalized spacial score (nSPS) is 21.2. The van der Waals surface area contributed by atoms with Gasteiger partial charge in [-0.05, 0) is 44.7 Å². The van der Waals surface area contributed by atoms with Crippen LogP contribution in [-0.4, -0.2) is 24.2 Å². The minimum atomic E-state index is 0.247. The Labute approximate surface area is 115 Å². The van der Waals surface area contributed by atoms with E-state index < -0.39 is 0 Å². The van der Waals surface area contributed by atoms with Gasteiger partial charge in [-0.15, -0.1) is 0 Å². The highest BCUT2D eigenvalue weighted by atomic mass is 16.5. The summed E-state index contributed by atoms with van der Waals surface area (Å²) in [6, 6.07) is 4.27. The van der Waals surface area contributed by atoms with Crippen LogP contribution in [0.4, 0.5) is 5.82 Å². The molecular formula is C15H25N3O. The number of nitrogens with two attached hydrogens (primary N) is 1. The molecular weight excluding hydrogens is 238 g/mol. The molecule has 0 spiro atoms. The molecule has 1 saturated heterocycles. The van der Waals surface area contributed by atoms with Gasteiger partial charge < -0.3 is 15.8 Å². The largest absolute Gasteiger partial charge is 0.383 e. The van der Waals surface area contributed by atoms with Crippen LogP contribution in [0.2, 0.25) is 0 Å². The first-order chi connectivity index (χ1) is 9.31. The molecule has 0 radical (unpaired) electrons. The van der Waals surface area contributed by atoms with Crippen LogP contribution in [0, 0.1) is 0 Å². The first-order valence-electron chi connectivity index (χ1n) is 7.36. The number of ether oxygens (including phenoxy) is 1. The second-order valence-corrected chi connectivity index (χ2v) is 5.21. The van der Waals surface area contributed by atoms with E-state index in [1.165, 1.54) is 12.8 Å². The van der Waals surface area contributed by atoms with E-state index >= 15 is 0 Å². The lowest BCUT2D eigenvalue weighted by Gasteiger charge is -2.28. The Morgan fingerprint density at radius 2 is 2.42 bits per heavy atom. The van der Waals surface area contributed by atoms with E-state index in [1.807, 2.05) is 6.07 Å². The van der Waals surface area contributed by atoms with E-state index in [0.717, 1.165) is 38.0 Å². The van der Waals surface area contributed by atoms with E-state index in [4.69, 9.17) is 10.5 Å². The molecule has 0 bridgehead atoms. The van der Waals surface area contributed by atoms with Crippen LogP contribution in [-0.2, 0) is 4.74 Å². The summed E-state index contributed by atoms with van der Waals surface area (Å²) < 4.78 is 5.85. The minimum absolute atomic E-state index is 0.247. The molecule has 106 valence electrons. The van der Waals surface area contributed by atoms with Crippen molar-refractivity contribution in [1.29, 1.82) is 0 Å². The standard InChI is InChI=1S/C15H25N3O/c1-2-8-17-14(11-12-6-3-4-10-19-12)13-7-5-9-18-15(13)16/h5,7,9,12,14,17H,2-4,6,8,10-11H2,1H3,(H2,16,18). The molecule has 2 unspecified atom stereocenters. The van der Waals surface area contributed by atoms with Crippen LogP contribution in [0.25, 0.3) is 0 Å². The second-order valence-electron chi connectivity index (χ2n) is 5.21. The first-order valence-corrected chi connectivity index (χ1v) is 7.36. The monoisotopic (exact) mass is 263 g/mol. The summed E-state index contributed by atoms with van der Waals surface area (Å²) in [5.41, 5.74) is 7.11. The number of anilines is 1. The number of hydrogen-bond donors (Lipinski definition) is 2. The Morgan fingerprint density at radius 1 is 1.53 bits per heavy atom. The van der Waals surface area contributed by atoms with Gasteiger partial charge in [0.1, 0.15) is 5.82 Å². The number of aromatic nitrogens is 1. The maximum atomic E-state index is 6.01. The van der Waals surface area contributed by atoms with Gasteiger partial charge in [-0.3, -0.25) is 0 Å². The number of nitrogens with one attached hydrogen (secondary N) is 1. The van der Waals surface area contributed by atoms with Crippen LogP contribution < -0.4 is 11.1 Å². The maximum Gasteiger partial charge on any atom is 0.128 e. The molecule has 0 saturated carbocycles. The summed E-state index contributed by atoms with van der Waals surface area (Å²) in [4.78, 5) is 4.20. The average molecular weight is 263 g/mol. The Kier molecular flexibility index (Phi) is 5.61. The highest BCUT2D eigenvalue weighted by molar-refractivity contribution is 5.40. The lowest BCUT2D eigenvalue weighted by Crippen LogP contribution is -2.30. The zero-order chi connectivity index (χ0) is 13.5. The zero-order valence-corrected chi connectivity index (χ0v) is 11.8. The summed E-state index contributed by atoms with van der Waals surface area (Å²) in [5, 5.41) is 3.57. The van der Waals surface area contributed by atoms with E-state index in [0.29, 0.717) is 11.9 Å². The molecule has 2 rings (SSSR count). The molecule has 19 heavy (non-hydrogen) atoms. The van der Waals surface area contributed by atoms with Crippen molar-refractivity contribution in [1.82, 2.24) is 10.3 Å². The minimum Gasteiger partial charge on any atom is -0.383 e.